The van der Waals surface area contributed by atoms with Gasteiger partial charge in [0, 0.05) is 24.0 Å². The summed E-state index contributed by atoms with van der Waals surface area (Å²) in [5.74, 6) is 0.348. The highest BCUT2D eigenvalue weighted by atomic mass is 16.6. The van der Waals surface area contributed by atoms with E-state index in [0.717, 1.165) is 18.5 Å². The molecular formula is C20H24N2O4. The Hall–Kier alpha value is -3.02. The molecule has 0 saturated carbocycles. The number of carbonyl (C=O) groups excluding carboxylic acids is 2. The summed E-state index contributed by atoms with van der Waals surface area (Å²) in [6, 6.07) is 16.0. The molecule has 0 saturated heterocycles. The Morgan fingerprint density at radius 2 is 1.77 bits per heavy atom. The number of ether oxygens (including phenoxy) is 2. The lowest BCUT2D eigenvalue weighted by atomic mass is 10.3. The van der Waals surface area contributed by atoms with E-state index in [1.54, 1.807) is 29.2 Å². The molecule has 0 aliphatic carbocycles. The van der Waals surface area contributed by atoms with Crippen molar-refractivity contribution in [3.05, 3.63) is 54.6 Å². The molecule has 0 spiro atoms. The van der Waals surface area contributed by atoms with Gasteiger partial charge in [0.15, 0.2) is 0 Å². The van der Waals surface area contributed by atoms with Crippen molar-refractivity contribution in [3.8, 4) is 5.75 Å². The van der Waals surface area contributed by atoms with E-state index >= 15 is 0 Å². The van der Waals surface area contributed by atoms with Gasteiger partial charge in [-0.2, -0.15) is 0 Å². The van der Waals surface area contributed by atoms with Crippen LogP contribution in [-0.4, -0.2) is 25.3 Å². The Bertz CT molecular complexity index is 719. The fraction of sp³-hybridized carbons (Fsp3) is 0.300. The monoisotopic (exact) mass is 356 g/mol. The van der Waals surface area contributed by atoms with Gasteiger partial charge in [0.25, 0.3) is 0 Å². The van der Waals surface area contributed by atoms with E-state index in [1.807, 2.05) is 44.2 Å². The van der Waals surface area contributed by atoms with Crippen LogP contribution in [0.4, 0.5) is 21.0 Å². The van der Waals surface area contributed by atoms with Crippen LogP contribution in [-0.2, 0) is 4.74 Å². The Morgan fingerprint density at radius 3 is 2.46 bits per heavy atom. The first-order valence-electron chi connectivity index (χ1n) is 8.72. The number of anilines is 2. The molecule has 2 aromatic rings. The average Bonchev–Trinajstić information content (AvgIpc) is 2.65. The number of nitrogens with one attached hydrogen (secondary N) is 1. The van der Waals surface area contributed by atoms with E-state index in [4.69, 9.17) is 9.47 Å². The second-order valence-electron chi connectivity index (χ2n) is 5.64. The van der Waals surface area contributed by atoms with Gasteiger partial charge in [-0.15, -0.1) is 0 Å². The minimum Gasteiger partial charge on any atom is -0.449 e. The molecule has 0 atom stereocenters. The molecule has 2 amide bonds. The average molecular weight is 356 g/mol. The van der Waals surface area contributed by atoms with Crippen molar-refractivity contribution in [2.75, 3.05) is 23.4 Å². The van der Waals surface area contributed by atoms with Crippen LogP contribution >= 0.6 is 0 Å². The van der Waals surface area contributed by atoms with Gasteiger partial charge in [-0.25, -0.2) is 9.59 Å². The number of benzene rings is 2. The molecule has 6 nitrogen and oxygen atoms in total. The maximum Gasteiger partial charge on any atom is 0.419 e. The molecule has 0 aromatic heterocycles. The summed E-state index contributed by atoms with van der Waals surface area (Å²) in [4.78, 5) is 25.8. The highest BCUT2D eigenvalue weighted by Crippen LogP contribution is 2.21. The minimum atomic E-state index is -0.535. The summed E-state index contributed by atoms with van der Waals surface area (Å²) in [5.41, 5.74) is 1.27. The third-order valence-electron chi connectivity index (χ3n) is 3.46. The molecule has 0 aliphatic rings. The van der Waals surface area contributed by atoms with E-state index in [2.05, 4.69) is 5.32 Å². The molecule has 1 N–H and O–H groups in total. The van der Waals surface area contributed by atoms with Gasteiger partial charge in [-0.1, -0.05) is 38.1 Å². The van der Waals surface area contributed by atoms with Crippen LogP contribution in [0.1, 0.15) is 26.7 Å². The van der Waals surface area contributed by atoms with Gasteiger partial charge in [0.05, 0.1) is 6.61 Å². The maximum absolute atomic E-state index is 12.6. The van der Waals surface area contributed by atoms with Gasteiger partial charge in [0.2, 0.25) is 0 Å². The fourth-order valence-corrected chi connectivity index (χ4v) is 2.30. The molecule has 0 heterocycles. The number of amides is 2. The van der Waals surface area contributed by atoms with Gasteiger partial charge < -0.3 is 9.47 Å². The molecule has 26 heavy (non-hydrogen) atoms. The van der Waals surface area contributed by atoms with E-state index < -0.39 is 12.2 Å². The largest absolute Gasteiger partial charge is 0.449 e. The quantitative estimate of drug-likeness (QED) is 0.753. The highest BCUT2D eigenvalue weighted by Gasteiger charge is 2.17. The van der Waals surface area contributed by atoms with Crippen LogP contribution in [0.5, 0.6) is 5.75 Å². The summed E-state index contributed by atoms with van der Waals surface area (Å²) < 4.78 is 10.5. The maximum atomic E-state index is 12.6. The minimum absolute atomic E-state index is 0.348. The first-order chi connectivity index (χ1) is 12.6. The fourth-order valence-electron chi connectivity index (χ4n) is 2.30. The normalized spacial score (nSPS) is 10.1. The van der Waals surface area contributed by atoms with Crippen LogP contribution in [0.3, 0.4) is 0 Å². The molecule has 6 heteroatoms. The summed E-state index contributed by atoms with van der Waals surface area (Å²) in [6.07, 6.45) is 0.545. The van der Waals surface area contributed by atoms with E-state index in [-0.39, 0.29) is 0 Å². The zero-order valence-electron chi connectivity index (χ0n) is 15.1. The molecule has 0 radical (unpaired) electrons. The second kappa shape index (κ2) is 10.1. The Morgan fingerprint density at radius 1 is 1.00 bits per heavy atom. The first kappa shape index (κ1) is 19.3. The van der Waals surface area contributed by atoms with Crippen molar-refractivity contribution in [2.24, 2.45) is 0 Å². The molecule has 0 aliphatic heterocycles. The molecule has 2 aromatic carbocycles. The number of hydrogen-bond acceptors (Lipinski definition) is 4. The van der Waals surface area contributed by atoms with Crippen LogP contribution in [0.2, 0.25) is 0 Å². The van der Waals surface area contributed by atoms with Gasteiger partial charge in [-0.05, 0) is 37.1 Å². The number of nitrogens with zero attached hydrogens (tertiary/aromatic N) is 1. The van der Waals surface area contributed by atoms with Crippen molar-refractivity contribution in [2.45, 2.75) is 26.7 Å². The third-order valence-corrected chi connectivity index (χ3v) is 3.46. The summed E-state index contributed by atoms with van der Waals surface area (Å²) in [7, 11) is 0. The molecular weight excluding hydrogens is 332 g/mol. The van der Waals surface area contributed by atoms with Crippen LogP contribution in [0, 0.1) is 0 Å². The SMILES string of the molecule is CCCOC(=O)Nc1cccc(OC(=O)N(CCC)c2ccccc2)c1. The first-order valence-corrected chi connectivity index (χ1v) is 8.72. The Balaban J connectivity index is 2.05. The topological polar surface area (TPSA) is 67.9 Å². The number of rotatable bonds is 7. The van der Waals surface area contributed by atoms with Gasteiger partial charge >= 0.3 is 12.2 Å². The van der Waals surface area contributed by atoms with Crippen LogP contribution in [0.15, 0.2) is 54.6 Å². The molecule has 0 unspecified atom stereocenters. The predicted molar refractivity (Wildman–Crippen MR) is 102 cm³/mol. The second-order valence-corrected chi connectivity index (χ2v) is 5.64. The van der Waals surface area contributed by atoms with Crippen molar-refractivity contribution >= 4 is 23.6 Å². The third kappa shape index (κ3) is 5.81. The van der Waals surface area contributed by atoms with Crippen molar-refractivity contribution in [1.82, 2.24) is 0 Å². The van der Waals surface area contributed by atoms with Gasteiger partial charge in [0.1, 0.15) is 5.75 Å². The lowest BCUT2D eigenvalue weighted by molar-refractivity contribution is 0.161. The van der Waals surface area contributed by atoms with E-state index in [0.29, 0.717) is 24.6 Å². The van der Waals surface area contributed by atoms with E-state index in [1.165, 1.54) is 0 Å². The van der Waals surface area contributed by atoms with Crippen LogP contribution in [0.25, 0.3) is 0 Å². The van der Waals surface area contributed by atoms with Gasteiger partial charge in [-0.3, -0.25) is 10.2 Å². The zero-order chi connectivity index (χ0) is 18.8. The lowest BCUT2D eigenvalue weighted by Gasteiger charge is -2.21. The summed E-state index contributed by atoms with van der Waals surface area (Å²) >= 11 is 0. The molecule has 0 fully saturated rings. The Labute approximate surface area is 153 Å². The van der Waals surface area contributed by atoms with Crippen molar-refractivity contribution < 1.29 is 19.1 Å². The van der Waals surface area contributed by atoms with Crippen LogP contribution < -0.4 is 15.0 Å². The summed E-state index contributed by atoms with van der Waals surface area (Å²) in [6.45, 7) is 4.81. The molecule has 2 rings (SSSR count). The van der Waals surface area contributed by atoms with Crippen molar-refractivity contribution in [3.63, 3.8) is 0 Å². The van der Waals surface area contributed by atoms with Crippen molar-refractivity contribution in [1.29, 1.82) is 0 Å². The number of carbonyl (C=O) groups is 2. The lowest BCUT2D eigenvalue weighted by Crippen LogP contribution is -2.34. The number of hydrogen-bond donors (Lipinski definition) is 1. The zero-order valence-corrected chi connectivity index (χ0v) is 15.1. The molecule has 138 valence electrons. The summed E-state index contributed by atoms with van der Waals surface area (Å²) in [5, 5.41) is 2.61. The Kier molecular flexibility index (Phi) is 7.49. The predicted octanol–water partition coefficient (Wildman–Crippen LogP) is 5.06. The molecule has 0 bridgehead atoms. The highest BCUT2D eigenvalue weighted by molar-refractivity contribution is 5.89. The standard InChI is InChI=1S/C20H24N2O4/c1-3-13-22(17-10-6-5-7-11-17)20(24)26-18-12-8-9-16(15-18)21-19(23)25-14-4-2/h5-12,15H,3-4,13-14H2,1-2H3,(H,21,23). The smallest absolute Gasteiger partial charge is 0.419 e. The number of para-hydroxylation sites is 1. The van der Waals surface area contributed by atoms with E-state index in [9.17, 15) is 9.59 Å².